The Hall–Kier alpha value is -1.38. The monoisotopic (exact) mass is 238 g/mol. The summed E-state index contributed by atoms with van der Waals surface area (Å²) in [5, 5.41) is 8.77. The van der Waals surface area contributed by atoms with Crippen LogP contribution in [0, 0.1) is 17.7 Å². The smallest absolute Gasteiger partial charge is 0.306 e. The second-order valence-electron chi connectivity index (χ2n) is 4.72. The zero-order valence-corrected chi connectivity index (χ0v) is 10.3. The summed E-state index contributed by atoms with van der Waals surface area (Å²) in [5.74, 6) is -0.958. The Bertz CT molecular complexity index is 376. The molecule has 1 aromatic rings. The maximum absolute atomic E-state index is 13.4. The molecule has 1 N–H and O–H groups in total. The predicted molar refractivity (Wildman–Crippen MR) is 65.3 cm³/mol. The summed E-state index contributed by atoms with van der Waals surface area (Å²) in [5.41, 5.74) is 0.711. The maximum Gasteiger partial charge on any atom is 0.306 e. The van der Waals surface area contributed by atoms with Crippen molar-refractivity contribution in [3.63, 3.8) is 0 Å². The second-order valence-corrected chi connectivity index (χ2v) is 4.72. The number of benzene rings is 1. The zero-order chi connectivity index (χ0) is 12.8. The number of rotatable bonds is 6. The van der Waals surface area contributed by atoms with E-state index in [9.17, 15) is 9.18 Å². The SMILES string of the molecule is CC(CCC(C)C(=O)O)Cc1ccccc1F. The minimum absolute atomic E-state index is 0.175. The molecule has 0 fully saturated rings. The third kappa shape index (κ3) is 4.55. The molecule has 0 aliphatic carbocycles. The van der Waals surface area contributed by atoms with Crippen LogP contribution in [0.4, 0.5) is 4.39 Å². The van der Waals surface area contributed by atoms with Crippen LogP contribution in [0.25, 0.3) is 0 Å². The fraction of sp³-hybridized carbons (Fsp3) is 0.500. The van der Waals surface area contributed by atoms with Gasteiger partial charge in [-0.1, -0.05) is 32.0 Å². The molecule has 1 aromatic carbocycles. The maximum atomic E-state index is 13.4. The normalized spacial score (nSPS) is 14.3. The summed E-state index contributed by atoms with van der Waals surface area (Å²) in [6.07, 6.45) is 2.12. The van der Waals surface area contributed by atoms with Gasteiger partial charge < -0.3 is 5.11 Å². The number of carbonyl (C=O) groups is 1. The van der Waals surface area contributed by atoms with E-state index in [1.807, 2.05) is 13.0 Å². The molecular weight excluding hydrogens is 219 g/mol. The highest BCUT2D eigenvalue weighted by molar-refractivity contribution is 5.69. The first-order valence-electron chi connectivity index (χ1n) is 5.97. The van der Waals surface area contributed by atoms with E-state index in [2.05, 4.69) is 0 Å². The molecule has 2 nitrogen and oxygen atoms in total. The zero-order valence-electron chi connectivity index (χ0n) is 10.3. The molecule has 0 aromatic heterocycles. The van der Waals surface area contributed by atoms with Crippen LogP contribution in [0.2, 0.25) is 0 Å². The van der Waals surface area contributed by atoms with Gasteiger partial charge in [0.2, 0.25) is 0 Å². The van der Waals surface area contributed by atoms with Crippen LogP contribution >= 0.6 is 0 Å². The molecule has 17 heavy (non-hydrogen) atoms. The van der Waals surface area contributed by atoms with Gasteiger partial charge in [-0.25, -0.2) is 4.39 Å². The fourth-order valence-electron chi connectivity index (χ4n) is 1.80. The predicted octanol–water partition coefficient (Wildman–Crippen LogP) is 3.51. The van der Waals surface area contributed by atoms with E-state index in [0.29, 0.717) is 24.3 Å². The summed E-state index contributed by atoms with van der Waals surface area (Å²) >= 11 is 0. The standard InChI is InChI=1S/C14H19FO2/c1-10(7-8-11(2)14(16)17)9-12-5-3-4-6-13(12)15/h3-6,10-11H,7-9H2,1-2H3,(H,16,17). The van der Waals surface area contributed by atoms with Crippen molar-refractivity contribution in [2.75, 3.05) is 0 Å². The number of carboxylic acid groups (broad SMARTS) is 1. The fourth-order valence-corrected chi connectivity index (χ4v) is 1.80. The Morgan fingerprint density at radius 3 is 2.53 bits per heavy atom. The van der Waals surface area contributed by atoms with Crippen molar-refractivity contribution in [2.45, 2.75) is 33.1 Å². The molecule has 0 saturated carbocycles. The molecule has 94 valence electrons. The number of aliphatic carboxylic acids is 1. The average Bonchev–Trinajstić information content (AvgIpc) is 2.29. The van der Waals surface area contributed by atoms with Crippen molar-refractivity contribution >= 4 is 5.97 Å². The molecule has 0 radical (unpaired) electrons. The lowest BCUT2D eigenvalue weighted by Gasteiger charge is -2.13. The van der Waals surface area contributed by atoms with Crippen molar-refractivity contribution in [3.05, 3.63) is 35.6 Å². The number of hydrogen-bond acceptors (Lipinski definition) is 1. The third-order valence-corrected chi connectivity index (χ3v) is 3.04. The second kappa shape index (κ2) is 6.38. The van der Waals surface area contributed by atoms with E-state index in [1.54, 1.807) is 19.1 Å². The Morgan fingerprint density at radius 1 is 1.29 bits per heavy atom. The van der Waals surface area contributed by atoms with Gasteiger partial charge in [0, 0.05) is 0 Å². The first-order valence-corrected chi connectivity index (χ1v) is 5.97. The first kappa shape index (κ1) is 13.7. The molecule has 0 spiro atoms. The third-order valence-electron chi connectivity index (χ3n) is 3.04. The minimum Gasteiger partial charge on any atom is -0.481 e. The summed E-state index contributed by atoms with van der Waals surface area (Å²) < 4.78 is 13.4. The molecule has 0 bridgehead atoms. The van der Waals surface area contributed by atoms with Crippen LogP contribution in [0.5, 0.6) is 0 Å². The van der Waals surface area contributed by atoms with Crippen LogP contribution in [0.1, 0.15) is 32.3 Å². The van der Waals surface area contributed by atoms with Crippen LogP contribution in [-0.4, -0.2) is 11.1 Å². The number of halogens is 1. The van der Waals surface area contributed by atoms with Gasteiger partial charge in [0.15, 0.2) is 0 Å². The first-order chi connectivity index (χ1) is 8.00. The highest BCUT2D eigenvalue weighted by Crippen LogP contribution is 2.18. The summed E-state index contributed by atoms with van der Waals surface area (Å²) in [6, 6.07) is 6.75. The largest absolute Gasteiger partial charge is 0.481 e. The van der Waals surface area contributed by atoms with Gasteiger partial charge in [-0.3, -0.25) is 4.79 Å². The molecule has 0 aliphatic rings. The Balaban J connectivity index is 2.42. The lowest BCUT2D eigenvalue weighted by Crippen LogP contribution is -2.11. The van der Waals surface area contributed by atoms with Gasteiger partial charge in [-0.05, 0) is 36.8 Å². The average molecular weight is 238 g/mol. The molecule has 0 saturated heterocycles. The van der Waals surface area contributed by atoms with E-state index >= 15 is 0 Å². The van der Waals surface area contributed by atoms with Gasteiger partial charge in [0.25, 0.3) is 0 Å². The van der Waals surface area contributed by atoms with E-state index < -0.39 is 5.97 Å². The summed E-state index contributed by atoms with van der Waals surface area (Å²) in [7, 11) is 0. The van der Waals surface area contributed by atoms with Crippen LogP contribution < -0.4 is 0 Å². The van der Waals surface area contributed by atoms with Crippen molar-refractivity contribution < 1.29 is 14.3 Å². The van der Waals surface area contributed by atoms with Gasteiger partial charge in [-0.15, -0.1) is 0 Å². The minimum atomic E-state index is -0.761. The molecule has 0 heterocycles. The molecule has 1 rings (SSSR count). The summed E-state index contributed by atoms with van der Waals surface area (Å²) in [4.78, 5) is 10.7. The van der Waals surface area contributed by atoms with Gasteiger partial charge in [0.1, 0.15) is 5.82 Å². The molecule has 0 amide bonds. The Morgan fingerprint density at radius 2 is 1.94 bits per heavy atom. The van der Waals surface area contributed by atoms with E-state index in [-0.39, 0.29) is 11.7 Å². The number of hydrogen-bond donors (Lipinski definition) is 1. The van der Waals surface area contributed by atoms with Crippen molar-refractivity contribution in [3.8, 4) is 0 Å². The Labute approximate surface area is 101 Å². The molecule has 2 atom stereocenters. The lowest BCUT2D eigenvalue weighted by atomic mass is 9.93. The number of carboxylic acids is 1. The van der Waals surface area contributed by atoms with Crippen LogP contribution in [0.3, 0.4) is 0 Å². The Kier molecular flexibility index (Phi) is 5.13. The van der Waals surface area contributed by atoms with E-state index in [4.69, 9.17) is 5.11 Å². The van der Waals surface area contributed by atoms with Crippen molar-refractivity contribution in [2.24, 2.45) is 11.8 Å². The van der Waals surface area contributed by atoms with Crippen molar-refractivity contribution in [1.29, 1.82) is 0 Å². The van der Waals surface area contributed by atoms with Crippen LogP contribution in [0.15, 0.2) is 24.3 Å². The van der Waals surface area contributed by atoms with Gasteiger partial charge in [0.05, 0.1) is 5.92 Å². The van der Waals surface area contributed by atoms with Gasteiger partial charge in [-0.2, -0.15) is 0 Å². The molecule has 0 aliphatic heterocycles. The van der Waals surface area contributed by atoms with Crippen molar-refractivity contribution in [1.82, 2.24) is 0 Å². The quantitative estimate of drug-likeness (QED) is 0.823. The van der Waals surface area contributed by atoms with Gasteiger partial charge >= 0.3 is 5.97 Å². The van der Waals surface area contributed by atoms with E-state index in [0.717, 1.165) is 6.42 Å². The van der Waals surface area contributed by atoms with Crippen LogP contribution in [-0.2, 0) is 11.2 Å². The van der Waals surface area contributed by atoms with E-state index in [1.165, 1.54) is 6.07 Å². The molecule has 3 heteroatoms. The topological polar surface area (TPSA) is 37.3 Å². The summed E-state index contributed by atoms with van der Waals surface area (Å²) in [6.45, 7) is 3.74. The molecular formula is C14H19FO2. The molecule has 2 unspecified atom stereocenters. The highest BCUT2D eigenvalue weighted by Gasteiger charge is 2.13. The highest BCUT2D eigenvalue weighted by atomic mass is 19.1. The lowest BCUT2D eigenvalue weighted by molar-refractivity contribution is -0.141.